The lowest BCUT2D eigenvalue weighted by atomic mass is 10.0. The van der Waals surface area contributed by atoms with Gasteiger partial charge in [-0.05, 0) is 60.0 Å². The van der Waals surface area contributed by atoms with Crippen LogP contribution in [0.15, 0.2) is 89.5 Å². The van der Waals surface area contributed by atoms with E-state index in [0.29, 0.717) is 28.0 Å². The molecule has 2 aromatic heterocycles. The van der Waals surface area contributed by atoms with Gasteiger partial charge in [0, 0.05) is 10.6 Å². The molecule has 5 rings (SSSR count). The summed E-state index contributed by atoms with van der Waals surface area (Å²) in [6, 6.07) is 25.2. The minimum atomic E-state index is -0.135. The number of carbonyl (C=O) groups excluding carboxylic acids is 1. The lowest BCUT2D eigenvalue weighted by molar-refractivity contribution is 0.0983. The van der Waals surface area contributed by atoms with E-state index in [2.05, 4.69) is 12.1 Å². The summed E-state index contributed by atoms with van der Waals surface area (Å²) < 4.78 is 6.47. The van der Waals surface area contributed by atoms with E-state index in [0.717, 1.165) is 26.9 Å². The smallest absolute Gasteiger partial charge is 0.260 e. The van der Waals surface area contributed by atoms with Gasteiger partial charge in [-0.25, -0.2) is 4.98 Å². The highest BCUT2D eigenvalue weighted by Gasteiger charge is 2.23. The molecule has 0 bridgehead atoms. The van der Waals surface area contributed by atoms with Crippen molar-refractivity contribution in [3.8, 4) is 11.1 Å². The zero-order valence-electron chi connectivity index (χ0n) is 17.3. The molecule has 5 aromatic rings. The third-order valence-corrected chi connectivity index (χ3v) is 6.49. The second-order valence-electron chi connectivity index (χ2n) is 7.48. The average Bonchev–Trinajstić information content (AvgIpc) is 3.48. The number of carbonyl (C=O) groups is 1. The van der Waals surface area contributed by atoms with Gasteiger partial charge < -0.3 is 4.42 Å². The number of thiazole rings is 1. The number of anilines is 1. The number of nitrogens with zero attached hydrogens (tertiary/aromatic N) is 2. The van der Waals surface area contributed by atoms with Crippen LogP contribution in [0.3, 0.4) is 0 Å². The number of halogens is 1. The Balaban J connectivity index is 1.52. The highest BCUT2D eigenvalue weighted by molar-refractivity contribution is 7.22. The van der Waals surface area contributed by atoms with Crippen LogP contribution in [0.4, 0.5) is 5.13 Å². The lowest BCUT2D eigenvalue weighted by Crippen LogP contribution is -2.30. The lowest BCUT2D eigenvalue weighted by Gasteiger charge is -2.19. The van der Waals surface area contributed by atoms with E-state index in [4.69, 9.17) is 21.0 Å². The monoisotopic (exact) mass is 458 g/mol. The Morgan fingerprint density at radius 3 is 2.47 bits per heavy atom. The second-order valence-corrected chi connectivity index (χ2v) is 8.93. The fourth-order valence-corrected chi connectivity index (χ4v) is 5.05. The molecule has 0 N–H and O–H groups in total. The van der Waals surface area contributed by atoms with Gasteiger partial charge >= 0.3 is 0 Å². The summed E-state index contributed by atoms with van der Waals surface area (Å²) in [5.41, 5.74) is 4.59. The molecule has 0 fully saturated rings. The Hall–Kier alpha value is -3.41. The SMILES string of the molecule is Cc1cc(Cl)cc2sc(N(Cc3ccco3)C(=O)c3ccc(-c4ccccc4)cc3)nc12. The zero-order valence-corrected chi connectivity index (χ0v) is 18.9. The third-order valence-electron chi connectivity index (χ3n) is 5.25. The number of aromatic nitrogens is 1. The molecule has 0 atom stereocenters. The van der Waals surface area contributed by atoms with Crippen molar-refractivity contribution in [2.24, 2.45) is 0 Å². The molecular formula is C26H19ClN2O2S. The zero-order chi connectivity index (χ0) is 22.1. The molecule has 0 radical (unpaired) electrons. The standard InChI is InChI=1S/C26H19ClN2O2S/c1-17-14-21(27)15-23-24(17)28-26(32-23)29(16-22-8-5-13-31-22)25(30)20-11-9-19(10-12-20)18-6-3-2-4-7-18/h2-15H,16H2,1H3. The topological polar surface area (TPSA) is 46.3 Å². The van der Waals surface area contributed by atoms with Crippen molar-refractivity contribution in [1.82, 2.24) is 4.98 Å². The van der Waals surface area contributed by atoms with Crippen LogP contribution in [-0.4, -0.2) is 10.9 Å². The first-order valence-corrected chi connectivity index (χ1v) is 11.3. The van der Waals surface area contributed by atoms with Crippen LogP contribution in [0, 0.1) is 6.92 Å². The van der Waals surface area contributed by atoms with E-state index in [-0.39, 0.29) is 5.91 Å². The van der Waals surface area contributed by atoms with Gasteiger partial charge in [0.1, 0.15) is 5.76 Å². The largest absolute Gasteiger partial charge is 0.467 e. The van der Waals surface area contributed by atoms with Crippen LogP contribution in [0.2, 0.25) is 5.02 Å². The molecule has 0 unspecified atom stereocenters. The first-order chi connectivity index (χ1) is 15.6. The van der Waals surface area contributed by atoms with Crippen LogP contribution >= 0.6 is 22.9 Å². The van der Waals surface area contributed by atoms with E-state index in [1.807, 2.05) is 73.7 Å². The fourth-order valence-electron chi connectivity index (χ4n) is 3.63. The normalized spacial score (nSPS) is 11.1. The van der Waals surface area contributed by atoms with E-state index >= 15 is 0 Å². The van der Waals surface area contributed by atoms with Crippen molar-refractivity contribution in [2.45, 2.75) is 13.5 Å². The number of hydrogen-bond acceptors (Lipinski definition) is 4. The molecule has 0 aliphatic heterocycles. The number of amides is 1. The van der Waals surface area contributed by atoms with Crippen LogP contribution in [-0.2, 0) is 6.54 Å². The quantitative estimate of drug-likeness (QED) is 0.276. The van der Waals surface area contributed by atoms with E-state index in [9.17, 15) is 4.79 Å². The Bertz CT molecular complexity index is 1380. The molecule has 0 aliphatic rings. The summed E-state index contributed by atoms with van der Waals surface area (Å²) in [5.74, 6) is 0.553. The van der Waals surface area contributed by atoms with Gasteiger partial charge in [0.25, 0.3) is 5.91 Å². The Kier molecular flexibility index (Phi) is 5.52. The second kappa shape index (κ2) is 8.61. The summed E-state index contributed by atoms with van der Waals surface area (Å²) >= 11 is 7.68. The maximum Gasteiger partial charge on any atom is 0.260 e. The Labute approximate surface area is 194 Å². The molecule has 0 aliphatic carbocycles. The van der Waals surface area contributed by atoms with Gasteiger partial charge in [0.05, 0.1) is 23.0 Å². The van der Waals surface area contributed by atoms with Gasteiger partial charge in [-0.15, -0.1) is 0 Å². The minimum Gasteiger partial charge on any atom is -0.467 e. The molecule has 2 heterocycles. The van der Waals surface area contributed by atoms with Crippen molar-refractivity contribution in [3.63, 3.8) is 0 Å². The molecule has 0 saturated heterocycles. The summed E-state index contributed by atoms with van der Waals surface area (Å²) in [6.45, 7) is 2.26. The van der Waals surface area contributed by atoms with Crippen molar-refractivity contribution in [2.75, 3.05) is 4.90 Å². The molecule has 32 heavy (non-hydrogen) atoms. The molecule has 4 nitrogen and oxygen atoms in total. The van der Waals surface area contributed by atoms with E-state index in [1.54, 1.807) is 11.2 Å². The molecule has 158 valence electrons. The summed E-state index contributed by atoms with van der Waals surface area (Å²) in [4.78, 5) is 20.0. The van der Waals surface area contributed by atoms with Crippen LogP contribution in [0.1, 0.15) is 21.7 Å². The van der Waals surface area contributed by atoms with Gasteiger partial charge in [-0.3, -0.25) is 9.69 Å². The molecule has 0 saturated carbocycles. The fraction of sp³-hybridized carbons (Fsp3) is 0.0769. The van der Waals surface area contributed by atoms with Crippen molar-refractivity contribution >= 4 is 44.2 Å². The van der Waals surface area contributed by atoms with Gasteiger partial charge in [-0.2, -0.15) is 0 Å². The molecule has 1 amide bonds. The van der Waals surface area contributed by atoms with Gasteiger partial charge in [-0.1, -0.05) is 65.4 Å². The molecule has 3 aromatic carbocycles. The minimum absolute atomic E-state index is 0.135. The summed E-state index contributed by atoms with van der Waals surface area (Å²) in [5, 5.41) is 1.27. The summed E-state index contributed by atoms with van der Waals surface area (Å²) in [7, 11) is 0. The third kappa shape index (κ3) is 4.05. The molecule has 6 heteroatoms. The number of fused-ring (bicyclic) bond motifs is 1. The number of rotatable bonds is 5. The van der Waals surface area contributed by atoms with Crippen molar-refractivity contribution in [3.05, 3.63) is 107 Å². The first-order valence-electron chi connectivity index (χ1n) is 10.1. The van der Waals surface area contributed by atoms with Crippen LogP contribution < -0.4 is 4.90 Å². The maximum atomic E-state index is 13.6. The predicted molar refractivity (Wildman–Crippen MR) is 130 cm³/mol. The van der Waals surface area contributed by atoms with Gasteiger partial charge in [0.15, 0.2) is 5.13 Å². The maximum absolute atomic E-state index is 13.6. The van der Waals surface area contributed by atoms with Gasteiger partial charge in [0.2, 0.25) is 0 Å². The Morgan fingerprint density at radius 2 is 1.75 bits per heavy atom. The number of aryl methyl sites for hydroxylation is 1. The molecular weight excluding hydrogens is 440 g/mol. The number of benzene rings is 3. The highest BCUT2D eigenvalue weighted by atomic mass is 35.5. The highest BCUT2D eigenvalue weighted by Crippen LogP contribution is 2.34. The van der Waals surface area contributed by atoms with Crippen LogP contribution in [0.5, 0.6) is 0 Å². The van der Waals surface area contributed by atoms with Crippen LogP contribution in [0.25, 0.3) is 21.3 Å². The average molecular weight is 459 g/mol. The summed E-state index contributed by atoms with van der Waals surface area (Å²) in [6.07, 6.45) is 1.61. The first kappa shape index (κ1) is 20.5. The number of furan rings is 1. The predicted octanol–water partition coefficient (Wildman–Crippen LogP) is 7.37. The van der Waals surface area contributed by atoms with E-state index in [1.165, 1.54) is 11.3 Å². The van der Waals surface area contributed by atoms with E-state index < -0.39 is 0 Å². The number of hydrogen-bond donors (Lipinski definition) is 0. The van der Waals surface area contributed by atoms with Crippen molar-refractivity contribution < 1.29 is 9.21 Å². The van der Waals surface area contributed by atoms with Crippen molar-refractivity contribution in [1.29, 1.82) is 0 Å². The Morgan fingerprint density at radius 1 is 1.00 bits per heavy atom. The molecule has 0 spiro atoms.